The molecule has 0 saturated heterocycles. The lowest BCUT2D eigenvalue weighted by molar-refractivity contribution is -0.384. The first-order chi connectivity index (χ1) is 15.8. The Morgan fingerprint density at radius 2 is 1.64 bits per heavy atom. The minimum absolute atomic E-state index is 0.120. The van der Waals surface area contributed by atoms with E-state index >= 15 is 0 Å². The molecule has 1 amide bonds. The van der Waals surface area contributed by atoms with Crippen LogP contribution < -0.4 is 14.9 Å². The molecule has 33 heavy (non-hydrogen) atoms. The first-order valence-electron chi connectivity index (χ1n) is 9.21. The number of rotatable bonds is 7. The number of hydrogen-bond donors (Lipinski definition) is 1. The number of nitrogens with one attached hydrogen (secondary N) is 1. The van der Waals surface area contributed by atoms with Crippen molar-refractivity contribution in [2.75, 3.05) is 7.11 Å². The Hall–Kier alpha value is -3.95. The van der Waals surface area contributed by atoms with Gasteiger partial charge in [-0.3, -0.25) is 14.9 Å². The van der Waals surface area contributed by atoms with Crippen molar-refractivity contribution in [3.05, 3.63) is 97.5 Å². The first kappa shape index (κ1) is 23.7. The van der Waals surface area contributed by atoms with Gasteiger partial charge >= 0.3 is 5.97 Å². The predicted octanol–water partition coefficient (Wildman–Crippen LogP) is 4.89. The maximum absolute atomic E-state index is 12.7. The van der Waals surface area contributed by atoms with Gasteiger partial charge in [-0.05, 0) is 48.5 Å². The fraction of sp³-hybridized carbons (Fsp3) is 0.0455. The topological polar surface area (TPSA) is 120 Å². The van der Waals surface area contributed by atoms with Crippen LogP contribution in [0.1, 0.15) is 26.3 Å². The number of hydrazone groups is 1. The van der Waals surface area contributed by atoms with Gasteiger partial charge in [-0.25, -0.2) is 10.2 Å². The van der Waals surface area contributed by atoms with Crippen LogP contribution in [0.25, 0.3) is 0 Å². The highest BCUT2D eigenvalue weighted by atomic mass is 35.5. The molecule has 3 rings (SSSR count). The summed E-state index contributed by atoms with van der Waals surface area (Å²) in [4.78, 5) is 35.0. The largest absolute Gasteiger partial charge is 0.496 e. The third kappa shape index (κ3) is 6.06. The number of nitrogens with zero attached hydrogens (tertiary/aromatic N) is 2. The van der Waals surface area contributed by atoms with Gasteiger partial charge in [0.25, 0.3) is 11.6 Å². The number of nitro benzene ring substituents is 1. The number of carbonyl (C=O) groups is 2. The molecule has 0 aliphatic heterocycles. The Morgan fingerprint density at radius 1 is 1.00 bits per heavy atom. The number of amides is 1. The molecule has 168 valence electrons. The summed E-state index contributed by atoms with van der Waals surface area (Å²) < 4.78 is 10.6. The molecular weight excluding hydrogens is 473 g/mol. The molecule has 1 N–H and O–H groups in total. The van der Waals surface area contributed by atoms with Gasteiger partial charge in [0.05, 0.1) is 18.2 Å². The van der Waals surface area contributed by atoms with Crippen LogP contribution >= 0.6 is 23.2 Å². The lowest BCUT2D eigenvalue weighted by Gasteiger charge is -2.11. The first-order valence-corrected chi connectivity index (χ1v) is 9.97. The van der Waals surface area contributed by atoms with E-state index in [1.54, 1.807) is 6.07 Å². The zero-order valence-corrected chi connectivity index (χ0v) is 18.5. The van der Waals surface area contributed by atoms with Gasteiger partial charge in [-0.1, -0.05) is 23.2 Å². The van der Waals surface area contributed by atoms with Gasteiger partial charge in [-0.15, -0.1) is 0 Å². The van der Waals surface area contributed by atoms with Crippen LogP contribution in [0.3, 0.4) is 0 Å². The van der Waals surface area contributed by atoms with Crippen molar-refractivity contribution in [2.45, 2.75) is 0 Å². The van der Waals surface area contributed by atoms with Crippen molar-refractivity contribution < 1.29 is 24.0 Å². The number of esters is 1. The lowest BCUT2D eigenvalue weighted by Crippen LogP contribution is -2.17. The van der Waals surface area contributed by atoms with Crippen LogP contribution in [0.15, 0.2) is 65.8 Å². The smallest absolute Gasteiger partial charge is 0.347 e. The summed E-state index contributed by atoms with van der Waals surface area (Å²) in [5.74, 6) is -0.907. The fourth-order valence-corrected chi connectivity index (χ4v) is 3.02. The second-order valence-electron chi connectivity index (χ2n) is 6.42. The van der Waals surface area contributed by atoms with E-state index in [1.165, 1.54) is 67.9 Å². The second-order valence-corrected chi connectivity index (χ2v) is 7.29. The summed E-state index contributed by atoms with van der Waals surface area (Å²) in [5.41, 5.74) is 2.75. The SMILES string of the molecule is COc1ccc(Cl)cc1C(=O)Oc1ccc(Cl)cc1/C=N/NC(=O)c1ccc([N+](=O)[O-])cc1. The van der Waals surface area contributed by atoms with Crippen LogP contribution in [0, 0.1) is 10.1 Å². The van der Waals surface area contributed by atoms with Crippen molar-refractivity contribution in [3.63, 3.8) is 0 Å². The maximum atomic E-state index is 12.7. The van der Waals surface area contributed by atoms with Gasteiger partial charge in [0.1, 0.15) is 17.1 Å². The molecule has 0 atom stereocenters. The molecule has 3 aromatic rings. The molecule has 0 heterocycles. The van der Waals surface area contributed by atoms with Crippen molar-refractivity contribution in [1.82, 2.24) is 5.43 Å². The number of benzene rings is 3. The highest BCUT2D eigenvalue weighted by molar-refractivity contribution is 6.31. The van der Waals surface area contributed by atoms with E-state index < -0.39 is 16.8 Å². The minimum atomic E-state index is -0.721. The van der Waals surface area contributed by atoms with Crippen molar-refractivity contribution >= 4 is 47.0 Å². The van der Waals surface area contributed by atoms with E-state index in [2.05, 4.69) is 10.5 Å². The number of nitro groups is 1. The molecule has 3 aromatic carbocycles. The Balaban J connectivity index is 1.76. The molecule has 9 nitrogen and oxygen atoms in total. The summed E-state index contributed by atoms with van der Waals surface area (Å²) in [6, 6.07) is 14.0. The normalized spacial score (nSPS) is 10.6. The molecule has 0 unspecified atom stereocenters. The summed E-state index contributed by atoms with van der Waals surface area (Å²) in [6.45, 7) is 0. The van der Waals surface area contributed by atoms with Gasteiger partial charge in [-0.2, -0.15) is 5.10 Å². The van der Waals surface area contributed by atoms with Gasteiger partial charge in [0.2, 0.25) is 0 Å². The number of halogens is 2. The van der Waals surface area contributed by atoms with Crippen molar-refractivity contribution in [1.29, 1.82) is 0 Å². The van der Waals surface area contributed by atoms with E-state index in [9.17, 15) is 19.7 Å². The molecular formula is C22H15Cl2N3O6. The quantitative estimate of drug-likeness (QED) is 0.166. The fourth-order valence-electron chi connectivity index (χ4n) is 2.67. The Morgan fingerprint density at radius 3 is 2.27 bits per heavy atom. The van der Waals surface area contributed by atoms with E-state index in [1.807, 2.05) is 0 Å². The average molecular weight is 488 g/mol. The van der Waals surface area contributed by atoms with Crippen LogP contribution in [-0.4, -0.2) is 30.1 Å². The van der Waals surface area contributed by atoms with Crippen LogP contribution in [0.4, 0.5) is 5.69 Å². The zero-order valence-electron chi connectivity index (χ0n) is 17.0. The number of hydrogen-bond acceptors (Lipinski definition) is 7. The van der Waals surface area contributed by atoms with E-state index in [4.69, 9.17) is 32.7 Å². The molecule has 0 spiro atoms. The third-order valence-corrected chi connectivity index (χ3v) is 4.74. The maximum Gasteiger partial charge on any atom is 0.347 e. The number of methoxy groups -OCH3 is 1. The molecule has 0 radical (unpaired) electrons. The molecule has 0 fully saturated rings. The monoisotopic (exact) mass is 487 g/mol. The predicted molar refractivity (Wildman–Crippen MR) is 123 cm³/mol. The van der Waals surface area contributed by atoms with Gasteiger partial charge in [0, 0.05) is 33.3 Å². The molecule has 0 bridgehead atoms. The van der Waals surface area contributed by atoms with E-state index in [0.717, 1.165) is 0 Å². The molecule has 0 saturated carbocycles. The van der Waals surface area contributed by atoms with Crippen molar-refractivity contribution in [3.8, 4) is 11.5 Å². The summed E-state index contributed by atoms with van der Waals surface area (Å²) in [6.07, 6.45) is 1.24. The Kier molecular flexibility index (Phi) is 7.60. The van der Waals surface area contributed by atoms with Gasteiger partial charge in [0.15, 0.2) is 0 Å². The third-order valence-electron chi connectivity index (χ3n) is 4.27. The number of ether oxygens (including phenoxy) is 2. The second kappa shape index (κ2) is 10.6. The standard InChI is InChI=1S/C22H15Cl2N3O6/c1-32-20-9-5-16(24)11-18(20)22(29)33-19-8-4-15(23)10-14(19)12-25-26-21(28)13-2-6-17(7-3-13)27(30)31/h2-12H,1H3,(H,26,28)/b25-12+. The zero-order chi connectivity index (χ0) is 24.0. The molecule has 0 aliphatic carbocycles. The van der Waals surface area contributed by atoms with Gasteiger partial charge < -0.3 is 9.47 Å². The molecule has 0 aromatic heterocycles. The molecule has 0 aliphatic rings. The minimum Gasteiger partial charge on any atom is -0.496 e. The highest BCUT2D eigenvalue weighted by Gasteiger charge is 2.17. The Bertz CT molecular complexity index is 1250. The van der Waals surface area contributed by atoms with E-state index in [0.29, 0.717) is 15.6 Å². The average Bonchev–Trinajstić information content (AvgIpc) is 2.80. The molecule has 11 heteroatoms. The van der Waals surface area contributed by atoms with Crippen molar-refractivity contribution in [2.24, 2.45) is 5.10 Å². The van der Waals surface area contributed by atoms with Crippen LogP contribution in [-0.2, 0) is 0 Å². The number of carbonyl (C=O) groups excluding carboxylic acids is 2. The van der Waals surface area contributed by atoms with E-state index in [-0.39, 0.29) is 28.3 Å². The summed E-state index contributed by atoms with van der Waals surface area (Å²) in [7, 11) is 1.41. The number of non-ortho nitro benzene ring substituents is 1. The Labute approximate surface area is 197 Å². The summed E-state index contributed by atoms with van der Waals surface area (Å²) >= 11 is 12.0. The highest BCUT2D eigenvalue weighted by Crippen LogP contribution is 2.27. The van der Waals surface area contributed by atoms with Crippen LogP contribution in [0.2, 0.25) is 10.0 Å². The lowest BCUT2D eigenvalue weighted by atomic mass is 10.2. The van der Waals surface area contributed by atoms with Crippen LogP contribution in [0.5, 0.6) is 11.5 Å². The summed E-state index contributed by atoms with van der Waals surface area (Å²) in [5, 5.41) is 15.2.